The number of nitrogens with zero attached hydrogens (tertiary/aromatic N) is 3. The van der Waals surface area contributed by atoms with Crippen LogP contribution in [0.3, 0.4) is 0 Å². The fourth-order valence-electron chi connectivity index (χ4n) is 4.31. The molecule has 0 aliphatic carbocycles. The Morgan fingerprint density at radius 1 is 0.818 bits per heavy atom. The topological polar surface area (TPSA) is 37.9 Å². The van der Waals surface area contributed by atoms with Crippen molar-refractivity contribution in [3.8, 4) is 0 Å². The van der Waals surface area contributed by atoms with Gasteiger partial charge in [0.15, 0.2) is 0 Å². The van der Waals surface area contributed by atoms with Gasteiger partial charge < -0.3 is 4.90 Å². The molecule has 0 heterocycles. The van der Waals surface area contributed by atoms with Gasteiger partial charge in [-0.2, -0.15) is 0 Å². The van der Waals surface area contributed by atoms with Crippen molar-refractivity contribution in [2.24, 2.45) is 17.0 Å². The van der Waals surface area contributed by atoms with E-state index in [4.69, 9.17) is 0 Å². The monoisotopic (exact) mass is 446 g/mol. The molecule has 2 atom stereocenters. The third-order valence-electron chi connectivity index (χ3n) is 6.53. The molecule has 2 rings (SSSR count). The van der Waals surface area contributed by atoms with Gasteiger partial charge in [-0.3, -0.25) is 0 Å². The molecule has 0 aromatic heterocycles. The summed E-state index contributed by atoms with van der Waals surface area (Å²) in [5.41, 5.74) is 14.5. The second kappa shape index (κ2) is 14.0. The summed E-state index contributed by atoms with van der Waals surface area (Å²) in [4.78, 5) is 2.45. The minimum atomic E-state index is 0.660. The summed E-state index contributed by atoms with van der Waals surface area (Å²) in [5.74, 6) is 1.32. The van der Waals surface area contributed by atoms with Crippen LogP contribution in [0.2, 0.25) is 0 Å². The molecular weight excluding hydrogens is 402 g/mol. The molecule has 0 amide bonds. The number of allylic oxidation sites excluding steroid dienone is 4. The van der Waals surface area contributed by atoms with Crippen LogP contribution in [0, 0.1) is 11.8 Å². The first-order valence-electron chi connectivity index (χ1n) is 12.7. The number of fused-ring (bicyclic) bond motifs is 1. The normalized spacial score (nSPS) is 12.8. The molecule has 0 aliphatic rings. The fraction of sp³-hybridized carbons (Fsp3) is 0.533. The number of anilines is 1. The Morgan fingerprint density at radius 3 is 1.88 bits per heavy atom. The molecule has 33 heavy (non-hydrogen) atoms. The average molecular weight is 447 g/mol. The zero-order valence-electron chi connectivity index (χ0n) is 21.8. The molecule has 0 bridgehead atoms. The minimum absolute atomic E-state index is 0.660. The van der Waals surface area contributed by atoms with E-state index < -0.39 is 0 Å². The summed E-state index contributed by atoms with van der Waals surface area (Å²) in [6.45, 7) is 15.4. The van der Waals surface area contributed by atoms with Gasteiger partial charge >= 0.3 is 0 Å². The van der Waals surface area contributed by atoms with E-state index in [1.807, 2.05) is 12.1 Å². The van der Waals surface area contributed by atoms with Crippen molar-refractivity contribution in [1.82, 2.24) is 5.53 Å². The third kappa shape index (κ3) is 9.15. The SMILES string of the molecule is CC(C)=CCCC(C)CCN(CCC(C)CCC=C(C)C)c1ccc2ccccc2c1N=[N]. The molecule has 0 saturated heterocycles. The maximum absolute atomic E-state index is 9.94. The average Bonchev–Trinajstić information content (AvgIpc) is 2.78. The second-order valence-electron chi connectivity index (χ2n) is 10.2. The van der Waals surface area contributed by atoms with E-state index in [1.165, 1.54) is 24.0 Å². The van der Waals surface area contributed by atoms with E-state index in [-0.39, 0.29) is 0 Å². The number of hydrogen-bond donors (Lipinski definition) is 0. The molecule has 0 aliphatic heterocycles. The van der Waals surface area contributed by atoms with Crippen LogP contribution in [0.25, 0.3) is 10.8 Å². The molecular formula is C30H44N3. The lowest BCUT2D eigenvalue weighted by Crippen LogP contribution is -2.28. The quantitative estimate of drug-likeness (QED) is 0.211. The van der Waals surface area contributed by atoms with Gasteiger partial charge in [0.2, 0.25) is 0 Å². The Kier molecular flexibility index (Phi) is 11.4. The molecule has 179 valence electrons. The number of hydrogen-bond acceptors (Lipinski definition) is 2. The van der Waals surface area contributed by atoms with Crippen LogP contribution in [0.4, 0.5) is 11.4 Å². The highest BCUT2D eigenvalue weighted by Crippen LogP contribution is 2.37. The van der Waals surface area contributed by atoms with Crippen LogP contribution in [0.15, 0.2) is 64.8 Å². The lowest BCUT2D eigenvalue weighted by Gasteiger charge is -2.29. The van der Waals surface area contributed by atoms with Crippen molar-refractivity contribution < 1.29 is 0 Å². The summed E-state index contributed by atoms with van der Waals surface area (Å²) < 4.78 is 0. The van der Waals surface area contributed by atoms with Gasteiger partial charge in [-0.05, 0) is 95.0 Å². The van der Waals surface area contributed by atoms with Crippen molar-refractivity contribution >= 4 is 22.1 Å². The van der Waals surface area contributed by atoms with E-state index >= 15 is 0 Å². The van der Waals surface area contributed by atoms with Crippen LogP contribution in [0.1, 0.15) is 80.1 Å². The van der Waals surface area contributed by atoms with Gasteiger partial charge in [0, 0.05) is 18.5 Å². The summed E-state index contributed by atoms with van der Waals surface area (Å²) in [5, 5.41) is 5.87. The first kappa shape index (κ1) is 26.8. The van der Waals surface area contributed by atoms with Gasteiger partial charge in [0.05, 0.1) is 5.69 Å². The number of rotatable bonds is 14. The molecule has 1 radical (unpaired) electrons. The van der Waals surface area contributed by atoms with Crippen molar-refractivity contribution in [3.05, 3.63) is 59.7 Å². The van der Waals surface area contributed by atoms with Crippen LogP contribution in [-0.4, -0.2) is 13.1 Å². The largest absolute Gasteiger partial charge is 0.370 e. The molecule has 3 nitrogen and oxygen atoms in total. The van der Waals surface area contributed by atoms with E-state index in [9.17, 15) is 5.53 Å². The maximum atomic E-state index is 9.94. The first-order chi connectivity index (χ1) is 15.8. The molecule has 0 spiro atoms. The van der Waals surface area contributed by atoms with Gasteiger partial charge in [-0.15, -0.1) is 5.11 Å². The predicted octanol–water partition coefficient (Wildman–Crippen LogP) is 9.08. The highest BCUT2D eigenvalue weighted by molar-refractivity contribution is 5.98. The summed E-state index contributed by atoms with van der Waals surface area (Å²) >= 11 is 0. The maximum Gasteiger partial charge on any atom is 0.119 e. The van der Waals surface area contributed by atoms with E-state index in [0.29, 0.717) is 17.5 Å². The van der Waals surface area contributed by atoms with Gasteiger partial charge in [0.1, 0.15) is 5.69 Å². The van der Waals surface area contributed by atoms with Crippen molar-refractivity contribution in [1.29, 1.82) is 0 Å². The molecule has 2 unspecified atom stereocenters. The van der Waals surface area contributed by atoms with Crippen LogP contribution < -0.4 is 10.4 Å². The third-order valence-corrected chi connectivity index (χ3v) is 6.53. The van der Waals surface area contributed by atoms with E-state index in [2.05, 4.69) is 88.0 Å². The lowest BCUT2D eigenvalue weighted by atomic mass is 9.98. The molecule has 0 N–H and O–H groups in total. The number of benzene rings is 2. The predicted molar refractivity (Wildman–Crippen MR) is 145 cm³/mol. The Morgan fingerprint density at radius 2 is 1.36 bits per heavy atom. The van der Waals surface area contributed by atoms with Crippen LogP contribution in [0.5, 0.6) is 0 Å². The fourth-order valence-corrected chi connectivity index (χ4v) is 4.31. The summed E-state index contributed by atoms with van der Waals surface area (Å²) in [7, 11) is 0. The first-order valence-corrected chi connectivity index (χ1v) is 12.7. The van der Waals surface area contributed by atoms with E-state index in [0.717, 1.165) is 55.2 Å². The van der Waals surface area contributed by atoms with Crippen molar-refractivity contribution in [2.75, 3.05) is 18.0 Å². The van der Waals surface area contributed by atoms with Gasteiger partial charge in [-0.25, -0.2) is 0 Å². The molecule has 2 aromatic rings. The Hall–Kier alpha value is -2.42. The van der Waals surface area contributed by atoms with Crippen molar-refractivity contribution in [2.45, 2.75) is 80.1 Å². The Labute approximate surface area is 202 Å². The zero-order valence-corrected chi connectivity index (χ0v) is 21.8. The standard InChI is InChI=1S/C30H44N3/c1-23(2)11-9-13-25(5)19-21-33(22-20-26(6)14-10-12-24(3)4)29-18-17-27-15-7-8-16-28(27)30(29)32-31/h7-8,11-12,15-18,25-26H,9-10,13-14,19-22H2,1-6H3. The van der Waals surface area contributed by atoms with Gasteiger partial charge in [-0.1, -0.05) is 67.5 Å². The summed E-state index contributed by atoms with van der Waals surface area (Å²) in [6.07, 6.45) is 11.7. The smallest absolute Gasteiger partial charge is 0.119 e. The second-order valence-corrected chi connectivity index (χ2v) is 10.2. The highest BCUT2D eigenvalue weighted by atomic mass is 15.1. The molecule has 3 heteroatoms. The summed E-state index contributed by atoms with van der Waals surface area (Å²) in [6, 6.07) is 12.5. The Bertz CT molecular complexity index is 901. The van der Waals surface area contributed by atoms with Crippen LogP contribution in [-0.2, 0) is 0 Å². The zero-order chi connectivity index (χ0) is 24.2. The van der Waals surface area contributed by atoms with E-state index in [1.54, 1.807) is 0 Å². The Balaban J connectivity index is 2.16. The molecule has 2 aromatic carbocycles. The molecule has 0 saturated carbocycles. The minimum Gasteiger partial charge on any atom is -0.370 e. The van der Waals surface area contributed by atoms with Crippen LogP contribution >= 0.6 is 0 Å². The highest BCUT2D eigenvalue weighted by Gasteiger charge is 2.16. The van der Waals surface area contributed by atoms with Crippen molar-refractivity contribution in [3.63, 3.8) is 0 Å². The van der Waals surface area contributed by atoms with Gasteiger partial charge in [0.25, 0.3) is 0 Å². The molecule has 0 fully saturated rings. The lowest BCUT2D eigenvalue weighted by molar-refractivity contribution is 0.465.